The molecular formula is C15H15O2. The SMILES string of the molecule is CC(O)[CH]Oc1cccc(-c2ccccc2)c1. The van der Waals surface area contributed by atoms with Crippen molar-refractivity contribution in [3.63, 3.8) is 0 Å². The monoisotopic (exact) mass is 227 g/mol. The van der Waals surface area contributed by atoms with E-state index in [4.69, 9.17) is 9.84 Å². The Bertz CT molecular complexity index is 463. The molecule has 1 atom stereocenters. The number of ether oxygens (including phenoxy) is 1. The number of benzene rings is 2. The second kappa shape index (κ2) is 5.51. The van der Waals surface area contributed by atoms with Crippen molar-refractivity contribution in [3.8, 4) is 16.9 Å². The van der Waals surface area contributed by atoms with E-state index in [2.05, 4.69) is 12.1 Å². The predicted molar refractivity (Wildman–Crippen MR) is 68.5 cm³/mol. The van der Waals surface area contributed by atoms with Crippen LogP contribution >= 0.6 is 0 Å². The Morgan fingerprint density at radius 2 is 1.71 bits per heavy atom. The van der Waals surface area contributed by atoms with Gasteiger partial charge in [-0.15, -0.1) is 0 Å². The maximum absolute atomic E-state index is 9.12. The zero-order valence-electron chi connectivity index (χ0n) is 9.71. The van der Waals surface area contributed by atoms with Crippen molar-refractivity contribution in [2.45, 2.75) is 13.0 Å². The first-order chi connectivity index (χ1) is 8.25. The van der Waals surface area contributed by atoms with Crippen LogP contribution in [0.15, 0.2) is 54.6 Å². The van der Waals surface area contributed by atoms with E-state index in [1.807, 2.05) is 42.5 Å². The van der Waals surface area contributed by atoms with Crippen LogP contribution in [0.4, 0.5) is 0 Å². The van der Waals surface area contributed by atoms with Crippen LogP contribution in [0.25, 0.3) is 11.1 Å². The van der Waals surface area contributed by atoms with Gasteiger partial charge in [0.2, 0.25) is 0 Å². The highest BCUT2D eigenvalue weighted by atomic mass is 16.5. The molecule has 0 aliphatic rings. The van der Waals surface area contributed by atoms with Gasteiger partial charge in [-0.2, -0.15) is 0 Å². The molecule has 0 heterocycles. The highest BCUT2D eigenvalue weighted by Gasteiger charge is 2.01. The van der Waals surface area contributed by atoms with Gasteiger partial charge in [0.15, 0.2) is 6.61 Å². The van der Waals surface area contributed by atoms with Gasteiger partial charge in [-0.1, -0.05) is 42.5 Å². The van der Waals surface area contributed by atoms with Crippen LogP contribution in [0.5, 0.6) is 5.75 Å². The number of hydrogen-bond donors (Lipinski definition) is 1. The quantitative estimate of drug-likeness (QED) is 0.868. The van der Waals surface area contributed by atoms with Crippen molar-refractivity contribution < 1.29 is 9.84 Å². The lowest BCUT2D eigenvalue weighted by Crippen LogP contribution is -2.05. The molecule has 1 radical (unpaired) electrons. The van der Waals surface area contributed by atoms with Crippen LogP contribution in [0.3, 0.4) is 0 Å². The van der Waals surface area contributed by atoms with Gasteiger partial charge in [-0.3, -0.25) is 0 Å². The standard InChI is InChI=1S/C15H15O2/c1-12(16)11-17-15-9-5-8-14(10-15)13-6-3-2-4-7-13/h2-12,16H,1H3. The lowest BCUT2D eigenvalue weighted by molar-refractivity contribution is 0.170. The van der Waals surface area contributed by atoms with Gasteiger partial charge >= 0.3 is 0 Å². The number of rotatable bonds is 4. The molecule has 2 aromatic rings. The second-order valence-corrected chi connectivity index (χ2v) is 3.89. The van der Waals surface area contributed by atoms with E-state index in [1.165, 1.54) is 6.61 Å². The number of aliphatic hydroxyl groups is 1. The largest absolute Gasteiger partial charge is 0.484 e. The van der Waals surface area contributed by atoms with E-state index in [0.29, 0.717) is 0 Å². The van der Waals surface area contributed by atoms with Crippen molar-refractivity contribution >= 4 is 0 Å². The molecule has 2 heteroatoms. The van der Waals surface area contributed by atoms with Crippen molar-refractivity contribution in [3.05, 3.63) is 61.2 Å². The third kappa shape index (κ3) is 3.33. The molecule has 2 aromatic carbocycles. The topological polar surface area (TPSA) is 29.5 Å². The molecule has 0 spiro atoms. The molecule has 87 valence electrons. The van der Waals surface area contributed by atoms with E-state index in [-0.39, 0.29) is 0 Å². The Morgan fingerprint density at radius 3 is 2.41 bits per heavy atom. The molecule has 0 aromatic heterocycles. The van der Waals surface area contributed by atoms with Crippen molar-refractivity contribution in [2.75, 3.05) is 0 Å². The van der Waals surface area contributed by atoms with E-state index < -0.39 is 6.10 Å². The van der Waals surface area contributed by atoms with Gasteiger partial charge in [-0.25, -0.2) is 0 Å². The summed E-state index contributed by atoms with van der Waals surface area (Å²) in [5, 5.41) is 9.12. The molecule has 0 saturated carbocycles. The summed E-state index contributed by atoms with van der Waals surface area (Å²) < 4.78 is 5.35. The van der Waals surface area contributed by atoms with E-state index in [0.717, 1.165) is 16.9 Å². The molecule has 2 rings (SSSR count). The Hall–Kier alpha value is -1.80. The van der Waals surface area contributed by atoms with Gasteiger partial charge in [-0.05, 0) is 30.2 Å². The summed E-state index contributed by atoms with van der Waals surface area (Å²) in [5.41, 5.74) is 2.25. The lowest BCUT2D eigenvalue weighted by atomic mass is 10.1. The number of hydrogen-bond acceptors (Lipinski definition) is 2. The zero-order valence-corrected chi connectivity index (χ0v) is 9.71. The molecule has 0 amide bonds. The smallest absolute Gasteiger partial charge is 0.163 e. The second-order valence-electron chi connectivity index (χ2n) is 3.89. The minimum Gasteiger partial charge on any atom is -0.484 e. The maximum Gasteiger partial charge on any atom is 0.163 e. The lowest BCUT2D eigenvalue weighted by Gasteiger charge is -2.08. The molecule has 0 saturated heterocycles. The molecule has 0 bridgehead atoms. The van der Waals surface area contributed by atoms with Crippen LogP contribution < -0.4 is 4.74 Å². The molecule has 0 aliphatic heterocycles. The molecule has 17 heavy (non-hydrogen) atoms. The van der Waals surface area contributed by atoms with Gasteiger partial charge in [0.05, 0.1) is 6.10 Å². The first kappa shape index (κ1) is 11.7. The summed E-state index contributed by atoms with van der Waals surface area (Å²) in [6.45, 7) is 3.06. The average molecular weight is 227 g/mol. The Balaban J connectivity index is 2.17. The van der Waals surface area contributed by atoms with Gasteiger partial charge in [0.25, 0.3) is 0 Å². The zero-order chi connectivity index (χ0) is 12.1. The first-order valence-corrected chi connectivity index (χ1v) is 5.59. The normalized spacial score (nSPS) is 12.1. The Labute approximate surface area is 101 Å². The number of aliphatic hydroxyl groups excluding tert-OH is 1. The van der Waals surface area contributed by atoms with E-state index in [1.54, 1.807) is 6.92 Å². The van der Waals surface area contributed by atoms with Gasteiger partial charge < -0.3 is 9.84 Å². The van der Waals surface area contributed by atoms with Crippen LogP contribution in [0.2, 0.25) is 0 Å². The van der Waals surface area contributed by atoms with Crippen LogP contribution in [-0.4, -0.2) is 11.2 Å². The van der Waals surface area contributed by atoms with Gasteiger partial charge in [0, 0.05) is 0 Å². The molecule has 0 fully saturated rings. The fraction of sp³-hybridized carbons (Fsp3) is 0.133. The molecule has 1 unspecified atom stereocenters. The third-order valence-electron chi connectivity index (χ3n) is 2.34. The van der Waals surface area contributed by atoms with Crippen molar-refractivity contribution in [2.24, 2.45) is 0 Å². The summed E-state index contributed by atoms with van der Waals surface area (Å²) in [6, 6.07) is 17.9. The highest BCUT2D eigenvalue weighted by Crippen LogP contribution is 2.23. The molecule has 2 nitrogen and oxygen atoms in total. The van der Waals surface area contributed by atoms with Gasteiger partial charge in [0.1, 0.15) is 5.75 Å². The first-order valence-electron chi connectivity index (χ1n) is 5.59. The Kier molecular flexibility index (Phi) is 3.78. The van der Waals surface area contributed by atoms with E-state index in [9.17, 15) is 0 Å². The summed E-state index contributed by atoms with van der Waals surface area (Å²) in [7, 11) is 0. The minimum absolute atomic E-state index is 0.574. The Morgan fingerprint density at radius 1 is 1.00 bits per heavy atom. The fourth-order valence-corrected chi connectivity index (χ4v) is 1.56. The van der Waals surface area contributed by atoms with Crippen LogP contribution in [-0.2, 0) is 0 Å². The van der Waals surface area contributed by atoms with E-state index >= 15 is 0 Å². The summed E-state index contributed by atoms with van der Waals surface area (Å²) in [5.74, 6) is 0.729. The van der Waals surface area contributed by atoms with Crippen LogP contribution in [0, 0.1) is 6.61 Å². The predicted octanol–water partition coefficient (Wildman–Crippen LogP) is 3.27. The summed E-state index contributed by atoms with van der Waals surface area (Å²) in [6.07, 6.45) is -0.574. The van der Waals surface area contributed by atoms with Crippen LogP contribution in [0.1, 0.15) is 6.92 Å². The molecule has 0 aliphatic carbocycles. The van der Waals surface area contributed by atoms with Crippen molar-refractivity contribution in [1.82, 2.24) is 0 Å². The summed E-state index contributed by atoms with van der Waals surface area (Å²) >= 11 is 0. The maximum atomic E-state index is 9.12. The fourth-order valence-electron chi connectivity index (χ4n) is 1.56. The molecular weight excluding hydrogens is 212 g/mol. The highest BCUT2D eigenvalue weighted by molar-refractivity contribution is 5.64. The third-order valence-corrected chi connectivity index (χ3v) is 2.34. The average Bonchev–Trinajstić information content (AvgIpc) is 2.38. The molecule has 1 N–H and O–H groups in total. The minimum atomic E-state index is -0.574. The summed E-state index contributed by atoms with van der Waals surface area (Å²) in [4.78, 5) is 0. The van der Waals surface area contributed by atoms with Crippen molar-refractivity contribution in [1.29, 1.82) is 0 Å².